The Morgan fingerprint density at radius 2 is 2.35 bits per heavy atom. The molecular formula is C12H14BrFN2O. The first kappa shape index (κ1) is 12.5. The van der Waals surface area contributed by atoms with Crippen LogP contribution >= 0.6 is 15.9 Å². The first-order chi connectivity index (χ1) is 8.09. The molecule has 1 aromatic rings. The van der Waals surface area contributed by atoms with Crippen molar-refractivity contribution < 1.29 is 9.18 Å². The molecule has 0 aliphatic carbocycles. The van der Waals surface area contributed by atoms with Crippen molar-refractivity contribution >= 4 is 21.8 Å². The zero-order valence-corrected chi connectivity index (χ0v) is 11.1. The van der Waals surface area contributed by atoms with Crippen LogP contribution in [-0.4, -0.2) is 36.5 Å². The summed E-state index contributed by atoms with van der Waals surface area (Å²) in [6.45, 7) is 4.22. The molecule has 0 aromatic heterocycles. The van der Waals surface area contributed by atoms with Gasteiger partial charge in [-0.2, -0.15) is 0 Å². The largest absolute Gasteiger partial charge is 0.333 e. The van der Waals surface area contributed by atoms with E-state index >= 15 is 0 Å². The summed E-state index contributed by atoms with van der Waals surface area (Å²) < 4.78 is 13.8. The molecule has 0 spiro atoms. The summed E-state index contributed by atoms with van der Waals surface area (Å²) in [5, 5.41) is 3.22. The highest BCUT2D eigenvalue weighted by atomic mass is 79.9. The lowest BCUT2D eigenvalue weighted by molar-refractivity contribution is 0.0655. The third-order valence-corrected chi connectivity index (χ3v) is 3.57. The van der Waals surface area contributed by atoms with Gasteiger partial charge in [-0.05, 0) is 41.1 Å². The molecule has 1 fully saturated rings. The van der Waals surface area contributed by atoms with Gasteiger partial charge in [0.25, 0.3) is 5.91 Å². The van der Waals surface area contributed by atoms with Gasteiger partial charge in [-0.1, -0.05) is 0 Å². The first-order valence-electron chi connectivity index (χ1n) is 5.56. The van der Waals surface area contributed by atoms with Crippen molar-refractivity contribution in [1.29, 1.82) is 0 Å². The van der Waals surface area contributed by atoms with E-state index in [1.807, 2.05) is 6.92 Å². The fourth-order valence-corrected chi connectivity index (χ4v) is 2.18. The van der Waals surface area contributed by atoms with E-state index in [1.165, 1.54) is 6.07 Å². The van der Waals surface area contributed by atoms with E-state index in [4.69, 9.17) is 0 Å². The molecule has 0 unspecified atom stereocenters. The summed E-state index contributed by atoms with van der Waals surface area (Å²) in [6, 6.07) is 4.63. The van der Waals surface area contributed by atoms with E-state index in [0.717, 1.165) is 13.1 Å². The van der Waals surface area contributed by atoms with Crippen molar-refractivity contribution in [3.8, 4) is 0 Å². The number of amides is 1. The van der Waals surface area contributed by atoms with E-state index in [2.05, 4.69) is 21.2 Å². The van der Waals surface area contributed by atoms with Gasteiger partial charge in [0, 0.05) is 31.2 Å². The number of carbonyl (C=O) groups is 1. The van der Waals surface area contributed by atoms with Crippen LogP contribution in [0, 0.1) is 5.82 Å². The van der Waals surface area contributed by atoms with Gasteiger partial charge in [-0.15, -0.1) is 0 Å². The molecule has 17 heavy (non-hydrogen) atoms. The molecule has 1 atom stereocenters. The molecule has 0 radical (unpaired) electrons. The van der Waals surface area contributed by atoms with Crippen molar-refractivity contribution in [2.45, 2.75) is 13.0 Å². The van der Waals surface area contributed by atoms with Gasteiger partial charge in [-0.25, -0.2) is 4.39 Å². The van der Waals surface area contributed by atoms with E-state index in [1.54, 1.807) is 17.0 Å². The van der Waals surface area contributed by atoms with E-state index in [0.29, 0.717) is 16.6 Å². The predicted molar refractivity (Wildman–Crippen MR) is 67.5 cm³/mol. The molecule has 3 nitrogen and oxygen atoms in total. The topological polar surface area (TPSA) is 32.3 Å². The van der Waals surface area contributed by atoms with E-state index in [-0.39, 0.29) is 11.9 Å². The molecule has 0 bridgehead atoms. The zero-order valence-electron chi connectivity index (χ0n) is 9.54. The van der Waals surface area contributed by atoms with Crippen LogP contribution < -0.4 is 5.32 Å². The van der Waals surface area contributed by atoms with Gasteiger partial charge in [0.1, 0.15) is 5.82 Å². The second-order valence-electron chi connectivity index (χ2n) is 4.18. The lowest BCUT2D eigenvalue weighted by Gasteiger charge is -2.34. The first-order valence-corrected chi connectivity index (χ1v) is 6.35. The van der Waals surface area contributed by atoms with Gasteiger partial charge in [0.2, 0.25) is 0 Å². The van der Waals surface area contributed by atoms with Gasteiger partial charge in [0.05, 0.1) is 4.47 Å². The van der Waals surface area contributed by atoms with Gasteiger partial charge < -0.3 is 10.2 Å². The Labute approximate surface area is 108 Å². The zero-order chi connectivity index (χ0) is 12.4. The number of hydrogen-bond acceptors (Lipinski definition) is 2. The van der Waals surface area contributed by atoms with Gasteiger partial charge in [0.15, 0.2) is 0 Å². The number of carbonyl (C=O) groups excluding carboxylic acids is 1. The molecule has 1 N–H and O–H groups in total. The van der Waals surface area contributed by atoms with Crippen LogP contribution in [0.3, 0.4) is 0 Å². The number of rotatable bonds is 1. The summed E-state index contributed by atoms with van der Waals surface area (Å²) in [5.41, 5.74) is 0.402. The molecule has 1 heterocycles. The molecular weight excluding hydrogens is 287 g/mol. The monoisotopic (exact) mass is 300 g/mol. The molecule has 1 aromatic carbocycles. The van der Waals surface area contributed by atoms with Crippen molar-refractivity contribution in [2.24, 2.45) is 0 Å². The summed E-state index contributed by atoms with van der Waals surface area (Å²) in [6.07, 6.45) is 0. The van der Waals surface area contributed by atoms with Crippen molar-refractivity contribution in [1.82, 2.24) is 10.2 Å². The summed E-state index contributed by atoms with van der Waals surface area (Å²) in [4.78, 5) is 14.0. The van der Waals surface area contributed by atoms with Crippen LogP contribution in [0.1, 0.15) is 17.3 Å². The average Bonchev–Trinajstić information content (AvgIpc) is 2.32. The Balaban J connectivity index is 2.21. The highest BCUT2D eigenvalue weighted by molar-refractivity contribution is 9.10. The maximum Gasteiger partial charge on any atom is 0.254 e. The highest BCUT2D eigenvalue weighted by Gasteiger charge is 2.24. The Morgan fingerprint density at radius 3 is 3.00 bits per heavy atom. The normalized spacial score (nSPS) is 20.4. The summed E-state index contributed by atoms with van der Waals surface area (Å²) >= 11 is 3.08. The molecule has 1 aliphatic heterocycles. The second kappa shape index (κ2) is 5.14. The van der Waals surface area contributed by atoms with Crippen LogP contribution in [0.4, 0.5) is 4.39 Å². The Morgan fingerprint density at radius 1 is 1.59 bits per heavy atom. The van der Waals surface area contributed by atoms with Crippen molar-refractivity contribution in [3.63, 3.8) is 0 Å². The van der Waals surface area contributed by atoms with Crippen molar-refractivity contribution in [3.05, 3.63) is 34.1 Å². The fourth-order valence-electron chi connectivity index (χ4n) is 1.94. The number of halogens is 2. The third kappa shape index (κ3) is 2.66. The van der Waals surface area contributed by atoms with Crippen LogP contribution in [0.5, 0.6) is 0 Å². The summed E-state index contributed by atoms with van der Waals surface area (Å²) in [7, 11) is 0. The fraction of sp³-hybridized carbons (Fsp3) is 0.417. The smallest absolute Gasteiger partial charge is 0.254 e. The molecule has 0 saturated carbocycles. The number of nitrogens with zero attached hydrogens (tertiary/aromatic N) is 1. The van der Waals surface area contributed by atoms with Crippen LogP contribution in [0.25, 0.3) is 0 Å². The van der Waals surface area contributed by atoms with Crippen molar-refractivity contribution in [2.75, 3.05) is 19.6 Å². The number of piperazine rings is 1. The number of benzene rings is 1. The second-order valence-corrected chi connectivity index (χ2v) is 5.03. The van der Waals surface area contributed by atoms with E-state index < -0.39 is 5.82 Å². The molecule has 1 saturated heterocycles. The van der Waals surface area contributed by atoms with Crippen LogP contribution in [0.15, 0.2) is 22.7 Å². The highest BCUT2D eigenvalue weighted by Crippen LogP contribution is 2.18. The Hall–Kier alpha value is -0.940. The quantitative estimate of drug-likeness (QED) is 0.861. The molecule has 1 amide bonds. The minimum Gasteiger partial charge on any atom is -0.333 e. The lowest BCUT2D eigenvalue weighted by atomic mass is 10.1. The van der Waals surface area contributed by atoms with Gasteiger partial charge >= 0.3 is 0 Å². The van der Waals surface area contributed by atoms with Crippen LogP contribution in [0.2, 0.25) is 0 Å². The minimum atomic E-state index is -0.404. The Bertz CT molecular complexity index is 439. The summed E-state index contributed by atoms with van der Waals surface area (Å²) in [5.74, 6) is -0.510. The predicted octanol–water partition coefficient (Wildman–Crippen LogP) is 2.02. The molecule has 5 heteroatoms. The lowest BCUT2D eigenvalue weighted by Crippen LogP contribution is -2.52. The number of hydrogen-bond donors (Lipinski definition) is 1. The van der Waals surface area contributed by atoms with E-state index in [9.17, 15) is 9.18 Å². The molecule has 1 aliphatic rings. The average molecular weight is 301 g/mol. The maximum absolute atomic E-state index is 13.4. The SMILES string of the molecule is C[C@H]1CNCCN1C(=O)c1ccc(Br)c(F)c1. The molecule has 92 valence electrons. The maximum atomic E-state index is 13.4. The third-order valence-electron chi connectivity index (χ3n) is 2.93. The minimum absolute atomic E-state index is 0.106. The Kier molecular flexibility index (Phi) is 3.79. The number of nitrogens with one attached hydrogen (secondary N) is 1. The van der Waals surface area contributed by atoms with Gasteiger partial charge in [-0.3, -0.25) is 4.79 Å². The molecule has 2 rings (SSSR count). The van der Waals surface area contributed by atoms with Crippen LogP contribution in [-0.2, 0) is 0 Å². The standard InChI is InChI=1S/C12H14BrFN2O/c1-8-7-15-4-5-16(8)12(17)9-2-3-10(13)11(14)6-9/h2-3,6,8,15H,4-5,7H2,1H3/t8-/m0/s1.